The summed E-state index contributed by atoms with van der Waals surface area (Å²) < 4.78 is 2.35. The molecular formula is C19H19N3. The number of rotatable bonds is 3. The van der Waals surface area contributed by atoms with Crippen molar-refractivity contribution in [1.29, 1.82) is 0 Å². The first-order valence-electron chi connectivity index (χ1n) is 7.94. The van der Waals surface area contributed by atoms with Crippen molar-refractivity contribution < 1.29 is 0 Å². The van der Waals surface area contributed by atoms with Gasteiger partial charge < -0.3 is 4.57 Å². The predicted octanol–water partition coefficient (Wildman–Crippen LogP) is 4.85. The Morgan fingerprint density at radius 2 is 1.73 bits per heavy atom. The summed E-state index contributed by atoms with van der Waals surface area (Å²) in [4.78, 5) is 9.80. The van der Waals surface area contributed by atoms with Gasteiger partial charge in [0.15, 0.2) is 5.65 Å². The molecule has 4 aromatic rings. The van der Waals surface area contributed by atoms with Crippen LogP contribution < -0.4 is 0 Å². The van der Waals surface area contributed by atoms with E-state index in [1.807, 2.05) is 24.3 Å². The molecule has 0 aliphatic heterocycles. The Balaban J connectivity index is 2.16. The van der Waals surface area contributed by atoms with E-state index >= 15 is 0 Å². The Labute approximate surface area is 129 Å². The van der Waals surface area contributed by atoms with Crippen molar-refractivity contribution >= 4 is 33.1 Å². The molecule has 0 unspecified atom stereocenters. The molecule has 4 rings (SSSR count). The predicted molar refractivity (Wildman–Crippen MR) is 92.2 cm³/mol. The fourth-order valence-electron chi connectivity index (χ4n) is 3.21. The van der Waals surface area contributed by atoms with E-state index in [1.54, 1.807) is 0 Å². The summed E-state index contributed by atoms with van der Waals surface area (Å²) in [7, 11) is 0. The van der Waals surface area contributed by atoms with E-state index in [0.717, 1.165) is 35.2 Å². The van der Waals surface area contributed by atoms with Crippen LogP contribution in [0, 0.1) is 6.92 Å². The summed E-state index contributed by atoms with van der Waals surface area (Å²) in [6.07, 6.45) is 2.33. The molecule has 110 valence electrons. The fraction of sp³-hybridized carbons (Fsp3) is 0.263. The van der Waals surface area contributed by atoms with E-state index < -0.39 is 0 Å². The van der Waals surface area contributed by atoms with E-state index in [1.165, 1.54) is 22.9 Å². The fourth-order valence-corrected chi connectivity index (χ4v) is 3.21. The molecule has 0 radical (unpaired) electrons. The lowest BCUT2D eigenvalue weighted by Crippen LogP contribution is -2.00. The van der Waals surface area contributed by atoms with Crippen LogP contribution in [0.25, 0.3) is 33.1 Å². The van der Waals surface area contributed by atoms with E-state index in [0.29, 0.717) is 0 Å². The zero-order valence-corrected chi connectivity index (χ0v) is 13.0. The molecule has 2 heterocycles. The van der Waals surface area contributed by atoms with Gasteiger partial charge in [-0.3, -0.25) is 0 Å². The first kappa shape index (κ1) is 13.3. The molecule has 0 bridgehead atoms. The zero-order valence-electron chi connectivity index (χ0n) is 13.0. The third-order valence-corrected chi connectivity index (χ3v) is 4.31. The number of hydrogen-bond donors (Lipinski definition) is 0. The molecule has 0 amide bonds. The Kier molecular flexibility index (Phi) is 3.07. The molecule has 2 aromatic heterocycles. The lowest BCUT2D eigenvalue weighted by atomic mass is 10.1. The van der Waals surface area contributed by atoms with Gasteiger partial charge in [-0.05, 0) is 31.0 Å². The molecule has 0 saturated carbocycles. The maximum absolute atomic E-state index is 4.91. The van der Waals surface area contributed by atoms with E-state index in [2.05, 4.69) is 36.6 Å². The minimum atomic E-state index is 0.964. The lowest BCUT2D eigenvalue weighted by molar-refractivity contribution is 0.660. The van der Waals surface area contributed by atoms with Gasteiger partial charge in [0.05, 0.1) is 16.6 Å². The maximum atomic E-state index is 4.91. The van der Waals surface area contributed by atoms with E-state index in [9.17, 15) is 0 Å². The Morgan fingerprint density at radius 3 is 2.50 bits per heavy atom. The highest BCUT2D eigenvalue weighted by Crippen LogP contribution is 2.30. The quantitative estimate of drug-likeness (QED) is 0.540. The highest BCUT2D eigenvalue weighted by molar-refractivity contribution is 6.07. The van der Waals surface area contributed by atoms with Crippen molar-refractivity contribution in [2.24, 2.45) is 0 Å². The van der Waals surface area contributed by atoms with Gasteiger partial charge in [0.1, 0.15) is 5.52 Å². The highest BCUT2D eigenvalue weighted by atomic mass is 15.1. The van der Waals surface area contributed by atoms with Gasteiger partial charge >= 0.3 is 0 Å². The van der Waals surface area contributed by atoms with Crippen LogP contribution >= 0.6 is 0 Å². The first-order valence-corrected chi connectivity index (χ1v) is 7.94. The Hall–Kier alpha value is -2.42. The van der Waals surface area contributed by atoms with E-state index in [4.69, 9.17) is 9.97 Å². The van der Waals surface area contributed by atoms with Crippen molar-refractivity contribution in [3.05, 3.63) is 48.0 Å². The second-order valence-electron chi connectivity index (χ2n) is 5.86. The van der Waals surface area contributed by atoms with Crippen LogP contribution in [0.5, 0.6) is 0 Å². The molecule has 0 atom stereocenters. The molecular weight excluding hydrogens is 270 g/mol. The highest BCUT2D eigenvalue weighted by Gasteiger charge is 2.15. The van der Waals surface area contributed by atoms with Crippen molar-refractivity contribution in [2.75, 3.05) is 0 Å². The van der Waals surface area contributed by atoms with Crippen LogP contribution in [0.3, 0.4) is 0 Å². The van der Waals surface area contributed by atoms with Crippen LogP contribution in [-0.4, -0.2) is 14.5 Å². The van der Waals surface area contributed by atoms with Crippen molar-refractivity contribution in [3.8, 4) is 0 Å². The average Bonchev–Trinajstić information content (AvgIpc) is 2.85. The van der Waals surface area contributed by atoms with Crippen LogP contribution in [0.4, 0.5) is 0 Å². The minimum absolute atomic E-state index is 0.964. The average molecular weight is 289 g/mol. The van der Waals surface area contributed by atoms with Crippen LogP contribution in [-0.2, 0) is 6.54 Å². The second kappa shape index (κ2) is 5.09. The van der Waals surface area contributed by atoms with Crippen molar-refractivity contribution in [3.63, 3.8) is 0 Å². The Morgan fingerprint density at radius 1 is 0.955 bits per heavy atom. The number of hydrogen-bond acceptors (Lipinski definition) is 2. The summed E-state index contributed by atoms with van der Waals surface area (Å²) in [6.45, 7) is 5.39. The normalized spacial score (nSPS) is 11.7. The van der Waals surface area contributed by atoms with Crippen LogP contribution in [0.1, 0.15) is 25.3 Å². The SMILES string of the molecule is CCCCn1c2nc3ccccc3nc2c2cccc(C)c21. The Bertz CT molecular complexity index is 982. The van der Waals surface area contributed by atoms with Gasteiger partial charge in [0.2, 0.25) is 0 Å². The molecule has 3 heteroatoms. The van der Waals surface area contributed by atoms with Gasteiger partial charge in [0, 0.05) is 11.9 Å². The van der Waals surface area contributed by atoms with Crippen LogP contribution in [0.15, 0.2) is 42.5 Å². The molecule has 0 saturated heterocycles. The monoisotopic (exact) mass is 289 g/mol. The third kappa shape index (κ3) is 1.89. The summed E-state index contributed by atoms with van der Waals surface area (Å²) in [5.74, 6) is 0. The molecule has 0 spiro atoms. The van der Waals surface area contributed by atoms with Crippen LogP contribution in [0.2, 0.25) is 0 Å². The summed E-state index contributed by atoms with van der Waals surface area (Å²) in [6, 6.07) is 14.6. The number of unbranched alkanes of at least 4 members (excludes halogenated alkanes) is 1. The summed E-state index contributed by atoms with van der Waals surface area (Å²) in [5.41, 5.74) is 6.53. The van der Waals surface area contributed by atoms with E-state index in [-0.39, 0.29) is 0 Å². The molecule has 22 heavy (non-hydrogen) atoms. The van der Waals surface area contributed by atoms with Crippen molar-refractivity contribution in [1.82, 2.24) is 14.5 Å². The lowest BCUT2D eigenvalue weighted by Gasteiger charge is -2.07. The van der Waals surface area contributed by atoms with Crippen molar-refractivity contribution in [2.45, 2.75) is 33.2 Å². The largest absolute Gasteiger partial charge is 0.324 e. The molecule has 2 aromatic carbocycles. The number of aromatic nitrogens is 3. The third-order valence-electron chi connectivity index (χ3n) is 4.31. The first-order chi connectivity index (χ1) is 10.8. The number of aryl methyl sites for hydroxylation is 2. The molecule has 0 N–H and O–H groups in total. The summed E-state index contributed by atoms with van der Waals surface area (Å²) >= 11 is 0. The smallest absolute Gasteiger partial charge is 0.160 e. The second-order valence-corrected chi connectivity index (χ2v) is 5.86. The maximum Gasteiger partial charge on any atom is 0.160 e. The molecule has 0 fully saturated rings. The van der Waals surface area contributed by atoms with Gasteiger partial charge in [-0.15, -0.1) is 0 Å². The molecule has 0 aliphatic carbocycles. The zero-order chi connectivity index (χ0) is 15.1. The minimum Gasteiger partial charge on any atom is -0.324 e. The standard InChI is InChI=1S/C19H19N3/c1-3-4-12-22-18-13(2)8-7-9-14(18)17-19(22)21-16-11-6-5-10-15(16)20-17/h5-11H,3-4,12H2,1-2H3. The topological polar surface area (TPSA) is 30.7 Å². The van der Waals surface area contributed by atoms with Gasteiger partial charge in [-0.25, -0.2) is 9.97 Å². The van der Waals surface area contributed by atoms with Gasteiger partial charge in [0.25, 0.3) is 0 Å². The summed E-state index contributed by atoms with van der Waals surface area (Å²) in [5, 5.41) is 1.21. The number of fused-ring (bicyclic) bond motifs is 4. The number of para-hydroxylation sites is 3. The molecule has 3 nitrogen and oxygen atoms in total. The van der Waals surface area contributed by atoms with Gasteiger partial charge in [-0.2, -0.15) is 0 Å². The number of benzene rings is 2. The molecule has 0 aliphatic rings. The number of nitrogens with zero attached hydrogens (tertiary/aromatic N) is 3. The van der Waals surface area contributed by atoms with Gasteiger partial charge in [-0.1, -0.05) is 43.7 Å².